The minimum absolute atomic E-state index is 0.109. The van der Waals surface area contributed by atoms with Gasteiger partial charge in [-0.2, -0.15) is 5.10 Å². The van der Waals surface area contributed by atoms with Crippen LogP contribution in [0.2, 0.25) is 0 Å². The molecule has 0 aliphatic rings. The molecule has 0 saturated carbocycles. The molecule has 6 heteroatoms. The van der Waals surface area contributed by atoms with Crippen LogP contribution in [-0.4, -0.2) is 19.7 Å². The summed E-state index contributed by atoms with van der Waals surface area (Å²) in [7, 11) is 0. The Balaban J connectivity index is 2.09. The molecule has 0 unspecified atom stereocenters. The first-order valence-electron chi connectivity index (χ1n) is 6.21. The van der Waals surface area contributed by atoms with E-state index < -0.39 is 0 Å². The third-order valence-corrected chi connectivity index (χ3v) is 3.76. The third kappa shape index (κ3) is 2.17. The minimum atomic E-state index is -0.109. The van der Waals surface area contributed by atoms with Crippen molar-refractivity contribution in [2.75, 3.05) is 0 Å². The maximum Gasteiger partial charge on any atom is 0.213 e. The average Bonchev–Trinajstić information content (AvgIpc) is 3.00. The van der Waals surface area contributed by atoms with Gasteiger partial charge in [-0.05, 0) is 18.1 Å². The van der Waals surface area contributed by atoms with E-state index in [1.807, 2.05) is 12.1 Å². The van der Waals surface area contributed by atoms with E-state index in [1.165, 1.54) is 0 Å². The van der Waals surface area contributed by atoms with Crippen molar-refractivity contribution in [1.82, 2.24) is 14.6 Å². The fourth-order valence-electron chi connectivity index (χ4n) is 2.01. The molecule has 100 valence electrons. The summed E-state index contributed by atoms with van der Waals surface area (Å²) < 4.78 is 7.07. The summed E-state index contributed by atoms with van der Waals surface area (Å²) in [6, 6.07) is 3.64. The summed E-state index contributed by atoms with van der Waals surface area (Å²) in [6.45, 7) is 4.21. The monoisotopic (exact) mass is 277 g/mol. The summed E-state index contributed by atoms with van der Waals surface area (Å²) in [5.41, 5.74) is 1.35. The van der Waals surface area contributed by atoms with E-state index in [4.69, 9.17) is 4.42 Å². The lowest BCUT2D eigenvalue weighted by Gasteiger charge is -1.99. The van der Waals surface area contributed by atoms with Crippen molar-refractivity contribution < 1.29 is 9.52 Å². The number of rotatable bonds is 4. The van der Waals surface area contributed by atoms with Crippen LogP contribution in [0.3, 0.4) is 0 Å². The first kappa shape index (κ1) is 12.4. The van der Waals surface area contributed by atoms with E-state index >= 15 is 0 Å². The Morgan fingerprint density at radius 3 is 2.95 bits per heavy atom. The van der Waals surface area contributed by atoms with Crippen molar-refractivity contribution in [2.45, 2.75) is 26.9 Å². The number of aliphatic hydroxyl groups excluding tert-OH is 1. The molecule has 3 rings (SSSR count). The SMILES string of the molecule is CC(C)Cc1nn2c(CO)c(-c3ccco3)nc2s1. The van der Waals surface area contributed by atoms with E-state index in [1.54, 1.807) is 22.1 Å². The molecule has 0 aromatic carbocycles. The van der Waals surface area contributed by atoms with Crippen LogP contribution in [0.25, 0.3) is 16.4 Å². The molecule has 0 spiro atoms. The van der Waals surface area contributed by atoms with Crippen LogP contribution in [0.5, 0.6) is 0 Å². The second-order valence-corrected chi connectivity index (χ2v) is 5.87. The van der Waals surface area contributed by atoms with Crippen LogP contribution in [0.1, 0.15) is 24.5 Å². The predicted molar refractivity (Wildman–Crippen MR) is 73.0 cm³/mol. The van der Waals surface area contributed by atoms with Crippen LogP contribution in [0, 0.1) is 5.92 Å². The molecule has 5 nitrogen and oxygen atoms in total. The Kier molecular flexibility index (Phi) is 3.12. The molecule has 1 N–H and O–H groups in total. The molecule has 3 aromatic rings. The van der Waals surface area contributed by atoms with Gasteiger partial charge in [0.15, 0.2) is 5.76 Å². The molecule has 0 fully saturated rings. The van der Waals surface area contributed by atoms with Crippen molar-refractivity contribution in [3.05, 3.63) is 29.1 Å². The number of imidazole rings is 1. The summed E-state index contributed by atoms with van der Waals surface area (Å²) in [4.78, 5) is 5.32. The van der Waals surface area contributed by atoms with Crippen molar-refractivity contribution in [2.24, 2.45) is 5.92 Å². The zero-order valence-corrected chi connectivity index (χ0v) is 11.6. The van der Waals surface area contributed by atoms with Gasteiger partial charge in [0, 0.05) is 6.42 Å². The smallest absolute Gasteiger partial charge is 0.213 e. The zero-order valence-electron chi connectivity index (χ0n) is 10.8. The first-order chi connectivity index (χ1) is 9.19. The molecule has 19 heavy (non-hydrogen) atoms. The number of hydrogen-bond acceptors (Lipinski definition) is 5. The van der Waals surface area contributed by atoms with E-state index in [2.05, 4.69) is 23.9 Å². The molecule has 3 aromatic heterocycles. The van der Waals surface area contributed by atoms with Gasteiger partial charge in [-0.15, -0.1) is 0 Å². The Morgan fingerprint density at radius 1 is 1.47 bits per heavy atom. The van der Waals surface area contributed by atoms with Gasteiger partial charge in [-0.3, -0.25) is 0 Å². The number of aromatic nitrogens is 3. The molecule has 0 bridgehead atoms. The predicted octanol–water partition coefficient (Wildman–Crippen LogP) is 2.74. The van der Waals surface area contributed by atoms with E-state index in [0.29, 0.717) is 23.1 Å². The van der Waals surface area contributed by atoms with Crippen LogP contribution in [0.4, 0.5) is 0 Å². The molecule has 3 heterocycles. The fraction of sp³-hybridized carbons (Fsp3) is 0.385. The molecule has 0 aliphatic heterocycles. The van der Waals surface area contributed by atoms with Gasteiger partial charge in [0.1, 0.15) is 16.4 Å². The number of fused-ring (bicyclic) bond motifs is 1. The summed E-state index contributed by atoms with van der Waals surface area (Å²) >= 11 is 1.56. The topological polar surface area (TPSA) is 63.6 Å². The third-order valence-electron chi connectivity index (χ3n) is 2.83. The van der Waals surface area contributed by atoms with Crippen molar-refractivity contribution in [1.29, 1.82) is 0 Å². The molecular weight excluding hydrogens is 262 g/mol. The Labute approximate surface area is 114 Å². The molecular formula is C13H15N3O2S. The highest BCUT2D eigenvalue weighted by atomic mass is 32.1. The van der Waals surface area contributed by atoms with Crippen LogP contribution < -0.4 is 0 Å². The largest absolute Gasteiger partial charge is 0.463 e. The van der Waals surface area contributed by atoms with Crippen LogP contribution in [0.15, 0.2) is 22.8 Å². The van der Waals surface area contributed by atoms with Gasteiger partial charge in [0.2, 0.25) is 4.96 Å². The number of hydrogen-bond donors (Lipinski definition) is 1. The zero-order chi connectivity index (χ0) is 13.4. The summed E-state index contributed by atoms with van der Waals surface area (Å²) in [5, 5.41) is 15.1. The second kappa shape index (κ2) is 4.79. The molecule has 0 atom stereocenters. The van der Waals surface area contributed by atoms with Gasteiger partial charge in [-0.1, -0.05) is 25.2 Å². The van der Waals surface area contributed by atoms with Gasteiger partial charge >= 0.3 is 0 Å². The Morgan fingerprint density at radius 2 is 2.32 bits per heavy atom. The van der Waals surface area contributed by atoms with E-state index in [-0.39, 0.29) is 6.61 Å². The highest BCUT2D eigenvalue weighted by Gasteiger charge is 2.19. The maximum atomic E-state index is 9.56. The standard InChI is InChI=1S/C13H15N3O2S/c1-8(2)6-11-15-16-9(7-17)12(14-13(16)19-11)10-4-3-5-18-10/h3-5,8,17H,6-7H2,1-2H3. The summed E-state index contributed by atoms with van der Waals surface area (Å²) in [6.07, 6.45) is 2.52. The normalized spacial score (nSPS) is 11.8. The van der Waals surface area contributed by atoms with E-state index in [0.717, 1.165) is 16.4 Å². The van der Waals surface area contributed by atoms with Crippen LogP contribution in [-0.2, 0) is 13.0 Å². The minimum Gasteiger partial charge on any atom is -0.463 e. The summed E-state index contributed by atoms with van der Waals surface area (Å²) in [5.74, 6) is 1.21. The lowest BCUT2D eigenvalue weighted by Crippen LogP contribution is -1.98. The molecule has 0 radical (unpaired) electrons. The molecule has 0 saturated heterocycles. The Bertz CT molecular complexity index is 682. The van der Waals surface area contributed by atoms with Crippen molar-refractivity contribution in [3.8, 4) is 11.5 Å². The molecule has 0 aliphatic carbocycles. The lowest BCUT2D eigenvalue weighted by atomic mass is 10.1. The average molecular weight is 277 g/mol. The van der Waals surface area contributed by atoms with Crippen molar-refractivity contribution >= 4 is 16.3 Å². The fourth-order valence-corrected chi connectivity index (χ4v) is 3.14. The second-order valence-electron chi connectivity index (χ2n) is 4.83. The number of furan rings is 1. The highest BCUT2D eigenvalue weighted by molar-refractivity contribution is 7.16. The van der Waals surface area contributed by atoms with Gasteiger partial charge in [0.05, 0.1) is 12.9 Å². The highest BCUT2D eigenvalue weighted by Crippen LogP contribution is 2.28. The Hall–Kier alpha value is -1.66. The van der Waals surface area contributed by atoms with Gasteiger partial charge < -0.3 is 9.52 Å². The van der Waals surface area contributed by atoms with Gasteiger partial charge in [-0.25, -0.2) is 9.50 Å². The van der Waals surface area contributed by atoms with E-state index in [9.17, 15) is 5.11 Å². The van der Waals surface area contributed by atoms with Gasteiger partial charge in [0.25, 0.3) is 0 Å². The number of nitrogens with zero attached hydrogens (tertiary/aromatic N) is 3. The quantitative estimate of drug-likeness (QED) is 0.796. The first-order valence-corrected chi connectivity index (χ1v) is 7.02. The maximum absolute atomic E-state index is 9.56. The van der Waals surface area contributed by atoms with Crippen molar-refractivity contribution in [3.63, 3.8) is 0 Å². The lowest BCUT2D eigenvalue weighted by molar-refractivity contribution is 0.274. The van der Waals surface area contributed by atoms with Crippen LogP contribution >= 0.6 is 11.3 Å². The molecule has 0 amide bonds. The number of aliphatic hydroxyl groups is 1.